The fourth-order valence-corrected chi connectivity index (χ4v) is 3.90. The van der Waals surface area contributed by atoms with Gasteiger partial charge in [0.25, 0.3) is 5.91 Å². The summed E-state index contributed by atoms with van der Waals surface area (Å²) in [4.78, 5) is 15.5. The van der Waals surface area contributed by atoms with Crippen LogP contribution in [-0.4, -0.2) is 32.3 Å². The first-order valence-corrected chi connectivity index (χ1v) is 9.64. The molecule has 1 aliphatic rings. The second kappa shape index (κ2) is 7.22. The summed E-state index contributed by atoms with van der Waals surface area (Å²) >= 11 is 0. The number of nitrogens with zero attached hydrogens (tertiary/aromatic N) is 3. The first-order valence-electron chi connectivity index (χ1n) is 9.64. The number of carbonyl (C=O) groups is 1. The van der Waals surface area contributed by atoms with Crippen molar-refractivity contribution in [3.63, 3.8) is 0 Å². The minimum atomic E-state index is -0.631. The van der Waals surface area contributed by atoms with Gasteiger partial charge in [0.2, 0.25) is 0 Å². The van der Waals surface area contributed by atoms with Crippen LogP contribution in [0.1, 0.15) is 43.0 Å². The monoisotopic (exact) mass is 389 g/mol. The number of anilines is 1. The van der Waals surface area contributed by atoms with E-state index in [1.54, 1.807) is 10.6 Å². The highest BCUT2D eigenvalue weighted by molar-refractivity contribution is 6.02. The summed E-state index contributed by atoms with van der Waals surface area (Å²) in [5.74, 6) is -0.539. The minimum absolute atomic E-state index is 0.142. The van der Waals surface area contributed by atoms with Crippen molar-refractivity contribution in [2.45, 2.75) is 44.2 Å². The summed E-state index contributed by atoms with van der Waals surface area (Å²) in [6, 6.07) is 9.47. The van der Waals surface area contributed by atoms with Crippen LogP contribution in [0.2, 0.25) is 0 Å². The summed E-state index contributed by atoms with van der Waals surface area (Å²) < 4.78 is 1.72. The van der Waals surface area contributed by atoms with E-state index in [4.69, 9.17) is 12.3 Å². The third kappa shape index (κ3) is 3.80. The van der Waals surface area contributed by atoms with Gasteiger partial charge in [-0.15, -0.1) is 0 Å². The summed E-state index contributed by atoms with van der Waals surface area (Å²) in [7, 11) is 0. The molecule has 7 nitrogen and oxygen atoms in total. The van der Waals surface area contributed by atoms with Crippen molar-refractivity contribution >= 4 is 22.8 Å². The summed E-state index contributed by atoms with van der Waals surface area (Å²) in [5.41, 5.74) is 9.10. The molecule has 1 saturated carbocycles. The number of carbonyl (C=O) groups excluding carboxylic acids is 1. The van der Waals surface area contributed by atoms with Gasteiger partial charge >= 0.3 is 0 Å². The normalized spacial score (nSPS) is 21.6. The second-order valence-corrected chi connectivity index (χ2v) is 7.93. The van der Waals surface area contributed by atoms with Crippen molar-refractivity contribution in [1.82, 2.24) is 9.61 Å². The smallest absolute Gasteiger partial charge is 0.252 e. The van der Waals surface area contributed by atoms with Crippen molar-refractivity contribution in [3.05, 3.63) is 59.7 Å². The number of nitrogens with one attached hydrogen (secondary N) is 1. The van der Waals surface area contributed by atoms with Crippen molar-refractivity contribution < 1.29 is 9.90 Å². The number of hydrogen-bond donors (Lipinski definition) is 3. The van der Waals surface area contributed by atoms with Gasteiger partial charge in [-0.25, -0.2) is 9.36 Å². The van der Waals surface area contributed by atoms with Crippen molar-refractivity contribution in [2.75, 3.05) is 5.32 Å². The lowest BCUT2D eigenvalue weighted by Crippen LogP contribution is -2.36. The van der Waals surface area contributed by atoms with Gasteiger partial charge in [-0.2, -0.15) is 5.10 Å². The van der Waals surface area contributed by atoms with E-state index in [9.17, 15) is 9.90 Å². The maximum absolute atomic E-state index is 12.0. The van der Waals surface area contributed by atoms with Gasteiger partial charge in [0.1, 0.15) is 0 Å². The molecule has 2 aromatic heterocycles. The first kappa shape index (κ1) is 19.0. The topological polar surface area (TPSA) is 97.0 Å². The molecule has 0 aliphatic heterocycles. The Kier molecular flexibility index (Phi) is 4.73. The summed E-state index contributed by atoms with van der Waals surface area (Å²) in [6.07, 6.45) is 6.37. The van der Waals surface area contributed by atoms with Gasteiger partial charge in [0, 0.05) is 17.8 Å². The Labute approximate surface area is 169 Å². The van der Waals surface area contributed by atoms with Crippen LogP contribution in [-0.2, 0) is 0 Å². The van der Waals surface area contributed by atoms with Crippen LogP contribution in [0.4, 0.5) is 11.4 Å². The molecule has 4 rings (SSSR count). The van der Waals surface area contributed by atoms with Gasteiger partial charge in [0.15, 0.2) is 5.69 Å². The van der Waals surface area contributed by atoms with Gasteiger partial charge in [0.05, 0.1) is 35.1 Å². The Morgan fingerprint density at radius 3 is 2.79 bits per heavy atom. The molecule has 2 heterocycles. The first-order chi connectivity index (χ1) is 13.9. The van der Waals surface area contributed by atoms with Crippen molar-refractivity contribution in [2.24, 2.45) is 5.73 Å². The zero-order chi connectivity index (χ0) is 20.6. The highest BCUT2D eigenvalue weighted by Gasteiger charge is 2.29. The molecule has 1 amide bonds. The van der Waals surface area contributed by atoms with Crippen LogP contribution in [0.3, 0.4) is 0 Å². The minimum Gasteiger partial charge on any atom is -0.390 e. The molecule has 1 aliphatic carbocycles. The van der Waals surface area contributed by atoms with Crippen LogP contribution in [0, 0.1) is 6.57 Å². The van der Waals surface area contributed by atoms with E-state index in [0.29, 0.717) is 29.8 Å². The molecular weight excluding hydrogens is 366 g/mol. The number of primary amides is 1. The molecule has 7 heteroatoms. The van der Waals surface area contributed by atoms with E-state index >= 15 is 0 Å². The van der Waals surface area contributed by atoms with Crippen LogP contribution >= 0.6 is 0 Å². The molecule has 3 aromatic rings. The molecule has 0 saturated heterocycles. The van der Waals surface area contributed by atoms with E-state index in [1.807, 2.05) is 37.4 Å². The fraction of sp³-hybridized carbons (Fsp3) is 0.318. The predicted molar refractivity (Wildman–Crippen MR) is 112 cm³/mol. The molecule has 4 N–H and O–H groups in total. The lowest BCUT2D eigenvalue weighted by molar-refractivity contribution is 0.0196. The molecule has 0 atom stereocenters. The molecule has 0 unspecified atom stereocenters. The fourth-order valence-electron chi connectivity index (χ4n) is 3.90. The predicted octanol–water partition coefficient (Wildman–Crippen LogP) is 3.76. The third-order valence-electron chi connectivity index (χ3n) is 5.62. The van der Waals surface area contributed by atoms with E-state index < -0.39 is 11.5 Å². The molecular formula is C22H23N5O2. The number of aliphatic hydroxyl groups is 1. The Morgan fingerprint density at radius 2 is 2.10 bits per heavy atom. The Bertz CT molecular complexity index is 1120. The molecule has 148 valence electrons. The maximum Gasteiger partial charge on any atom is 0.252 e. The zero-order valence-corrected chi connectivity index (χ0v) is 16.2. The quantitative estimate of drug-likeness (QED) is 0.592. The van der Waals surface area contributed by atoms with Crippen LogP contribution in [0.15, 0.2) is 42.7 Å². The number of fused-ring (bicyclic) bond motifs is 1. The number of hydrogen-bond acceptors (Lipinski definition) is 4. The van der Waals surface area contributed by atoms with Crippen LogP contribution < -0.4 is 11.1 Å². The van der Waals surface area contributed by atoms with E-state index in [-0.39, 0.29) is 6.04 Å². The Balaban J connectivity index is 1.75. The lowest BCUT2D eigenvalue weighted by atomic mass is 9.83. The molecule has 1 aromatic carbocycles. The van der Waals surface area contributed by atoms with Gasteiger partial charge < -0.3 is 16.2 Å². The number of rotatable bonds is 4. The van der Waals surface area contributed by atoms with Crippen molar-refractivity contribution in [3.8, 4) is 11.1 Å². The highest BCUT2D eigenvalue weighted by Crippen LogP contribution is 2.34. The summed E-state index contributed by atoms with van der Waals surface area (Å²) in [5, 5.41) is 18.0. The highest BCUT2D eigenvalue weighted by atomic mass is 16.3. The van der Waals surface area contributed by atoms with Crippen LogP contribution in [0.5, 0.6) is 0 Å². The molecule has 0 radical (unpaired) electrons. The maximum atomic E-state index is 12.0. The van der Waals surface area contributed by atoms with Gasteiger partial charge in [-0.1, -0.05) is 18.2 Å². The Hall–Kier alpha value is -3.37. The number of benzene rings is 1. The average molecular weight is 389 g/mol. The van der Waals surface area contributed by atoms with E-state index in [2.05, 4.69) is 15.3 Å². The molecule has 29 heavy (non-hydrogen) atoms. The van der Waals surface area contributed by atoms with Crippen molar-refractivity contribution in [1.29, 1.82) is 0 Å². The molecule has 1 fully saturated rings. The number of amides is 1. The van der Waals surface area contributed by atoms with Gasteiger partial charge in [-0.3, -0.25) is 4.79 Å². The van der Waals surface area contributed by atoms with Crippen LogP contribution in [0.25, 0.3) is 21.5 Å². The van der Waals surface area contributed by atoms with E-state index in [1.165, 1.54) is 6.20 Å². The lowest BCUT2D eigenvalue weighted by Gasteiger charge is -2.34. The zero-order valence-electron chi connectivity index (χ0n) is 16.2. The number of nitrogens with two attached hydrogens (primary N) is 1. The SMILES string of the molecule is [C-]#[N+]c1cccc(-c2cc3c(NC4CCC(C)(O)CC4)c(C(N)=O)cnn3c2)c1. The third-order valence-corrected chi connectivity index (χ3v) is 5.62. The second-order valence-electron chi connectivity index (χ2n) is 7.93. The average Bonchev–Trinajstić information content (AvgIpc) is 3.14. The van der Waals surface area contributed by atoms with E-state index in [0.717, 1.165) is 29.5 Å². The number of aromatic nitrogens is 2. The standard InChI is InChI=1S/C22H23N5O2/c1-22(29)8-6-16(7-9-22)26-20-18(21(23)28)12-25-27-13-15(11-19(20)27)14-4-3-5-17(10-14)24-2/h3-5,10-13,16,26,29H,6-9H2,1H3,(H2,23,28). The van der Waals surface area contributed by atoms with Gasteiger partial charge in [-0.05, 0) is 50.3 Å². The molecule has 0 bridgehead atoms. The Morgan fingerprint density at radius 1 is 1.34 bits per heavy atom. The molecule has 0 spiro atoms. The summed E-state index contributed by atoms with van der Waals surface area (Å²) in [6.45, 7) is 9.08. The largest absolute Gasteiger partial charge is 0.390 e.